The first-order valence-electron chi connectivity index (χ1n) is 12.2. The number of hydrogen-bond acceptors (Lipinski definition) is 5. The van der Waals surface area contributed by atoms with Crippen LogP contribution in [-0.2, 0) is 16.1 Å². The zero-order valence-corrected chi connectivity index (χ0v) is 20.7. The van der Waals surface area contributed by atoms with Crippen molar-refractivity contribution in [3.63, 3.8) is 0 Å². The molecule has 0 fully saturated rings. The van der Waals surface area contributed by atoms with Crippen LogP contribution in [0.1, 0.15) is 18.1 Å². The molecule has 0 spiro atoms. The van der Waals surface area contributed by atoms with Crippen LogP contribution in [0, 0.1) is 0 Å². The average molecular weight is 495 g/mol. The topological polar surface area (TPSA) is 80.2 Å². The average Bonchev–Trinajstić information content (AvgIpc) is 2.94. The van der Waals surface area contributed by atoms with Gasteiger partial charge in [0.15, 0.2) is 6.61 Å². The molecule has 0 aliphatic rings. The third-order valence-electron chi connectivity index (χ3n) is 5.83. The van der Waals surface area contributed by atoms with Crippen molar-refractivity contribution in [2.24, 2.45) is 5.16 Å². The molecular formula is C31H30N2O4. The standard InChI is InChI=1S/C31H30N2O4/c1-23(25-14-16-27(17-15-25)26-8-4-2-5-9-26)33-37-21-20-36-29-18-12-24(13-19-29)22-30(31(34)35)32-28-10-6-3-7-11-28/h2-19,30,32H,20-22H2,1H3,(H,34,35). The Morgan fingerprint density at radius 2 is 1.43 bits per heavy atom. The van der Waals surface area contributed by atoms with Crippen molar-refractivity contribution in [2.75, 3.05) is 18.5 Å². The summed E-state index contributed by atoms with van der Waals surface area (Å²) < 4.78 is 5.74. The zero-order valence-electron chi connectivity index (χ0n) is 20.7. The minimum absolute atomic E-state index is 0.309. The SMILES string of the molecule is CC(=NOCCOc1ccc(CC(Nc2ccccc2)C(=O)O)cc1)c1ccc(-c2ccccc2)cc1. The fourth-order valence-electron chi connectivity index (χ4n) is 3.82. The summed E-state index contributed by atoms with van der Waals surface area (Å²) in [6.45, 7) is 2.56. The first kappa shape index (κ1) is 25.5. The Bertz CT molecular complexity index is 1290. The Labute approximate surface area is 217 Å². The molecule has 188 valence electrons. The summed E-state index contributed by atoms with van der Waals surface area (Å²) in [6.07, 6.45) is 0.355. The van der Waals surface area contributed by atoms with E-state index in [2.05, 4.69) is 34.7 Å². The van der Waals surface area contributed by atoms with Crippen LogP contribution in [0.5, 0.6) is 5.75 Å². The van der Waals surface area contributed by atoms with Gasteiger partial charge < -0.3 is 20.0 Å². The van der Waals surface area contributed by atoms with Gasteiger partial charge in [-0.1, -0.05) is 90.1 Å². The van der Waals surface area contributed by atoms with Crippen LogP contribution in [0.4, 0.5) is 5.69 Å². The van der Waals surface area contributed by atoms with Crippen LogP contribution in [0.2, 0.25) is 0 Å². The lowest BCUT2D eigenvalue weighted by atomic mass is 10.0. The second-order valence-electron chi connectivity index (χ2n) is 8.55. The summed E-state index contributed by atoms with van der Waals surface area (Å²) in [5.41, 5.74) is 5.80. The smallest absolute Gasteiger partial charge is 0.326 e. The molecule has 0 heterocycles. The minimum atomic E-state index is -0.899. The number of benzene rings is 4. The number of carbonyl (C=O) groups is 1. The van der Waals surface area contributed by atoms with Gasteiger partial charge in [-0.15, -0.1) is 0 Å². The van der Waals surface area contributed by atoms with Crippen LogP contribution in [0.3, 0.4) is 0 Å². The number of para-hydroxylation sites is 1. The highest BCUT2D eigenvalue weighted by atomic mass is 16.6. The molecule has 4 rings (SSSR count). The molecule has 4 aromatic rings. The molecule has 0 aromatic heterocycles. The lowest BCUT2D eigenvalue weighted by Gasteiger charge is -2.16. The second-order valence-corrected chi connectivity index (χ2v) is 8.55. The van der Waals surface area contributed by atoms with Gasteiger partial charge in [0, 0.05) is 12.1 Å². The molecule has 0 saturated heterocycles. The zero-order chi connectivity index (χ0) is 25.9. The lowest BCUT2D eigenvalue weighted by Crippen LogP contribution is -2.31. The highest BCUT2D eigenvalue weighted by molar-refractivity contribution is 5.98. The Morgan fingerprint density at radius 1 is 0.811 bits per heavy atom. The maximum atomic E-state index is 11.7. The number of rotatable bonds is 12. The predicted molar refractivity (Wildman–Crippen MR) is 147 cm³/mol. The van der Waals surface area contributed by atoms with Gasteiger partial charge in [0.2, 0.25) is 0 Å². The second kappa shape index (κ2) is 12.9. The quantitative estimate of drug-likeness (QED) is 0.138. The lowest BCUT2D eigenvalue weighted by molar-refractivity contribution is -0.137. The van der Waals surface area contributed by atoms with E-state index >= 15 is 0 Å². The van der Waals surface area contributed by atoms with Crippen molar-refractivity contribution < 1.29 is 19.5 Å². The van der Waals surface area contributed by atoms with Gasteiger partial charge in [-0.3, -0.25) is 0 Å². The summed E-state index contributed by atoms with van der Waals surface area (Å²) in [4.78, 5) is 17.1. The molecule has 0 bridgehead atoms. The van der Waals surface area contributed by atoms with Gasteiger partial charge >= 0.3 is 5.97 Å². The Morgan fingerprint density at radius 3 is 2.08 bits per heavy atom. The molecular weight excluding hydrogens is 464 g/mol. The van der Waals surface area contributed by atoms with Gasteiger partial charge in [0.25, 0.3) is 0 Å². The van der Waals surface area contributed by atoms with Gasteiger partial charge in [-0.05, 0) is 53.4 Å². The molecule has 0 radical (unpaired) electrons. The molecule has 37 heavy (non-hydrogen) atoms. The monoisotopic (exact) mass is 494 g/mol. The van der Waals surface area contributed by atoms with E-state index in [0.29, 0.717) is 25.4 Å². The normalized spacial score (nSPS) is 12.0. The first-order chi connectivity index (χ1) is 18.1. The van der Waals surface area contributed by atoms with Crippen LogP contribution in [0.15, 0.2) is 114 Å². The van der Waals surface area contributed by atoms with Crippen molar-refractivity contribution in [1.82, 2.24) is 0 Å². The minimum Gasteiger partial charge on any atom is -0.490 e. The molecule has 2 N–H and O–H groups in total. The number of ether oxygens (including phenoxy) is 1. The summed E-state index contributed by atoms with van der Waals surface area (Å²) >= 11 is 0. The molecule has 0 aliphatic heterocycles. The van der Waals surface area contributed by atoms with Crippen LogP contribution in [0.25, 0.3) is 11.1 Å². The van der Waals surface area contributed by atoms with Gasteiger partial charge in [0.1, 0.15) is 18.4 Å². The van der Waals surface area contributed by atoms with Gasteiger partial charge in [-0.2, -0.15) is 0 Å². The number of anilines is 1. The fraction of sp³-hybridized carbons (Fsp3) is 0.161. The number of hydrogen-bond donors (Lipinski definition) is 2. The number of oxime groups is 1. The molecule has 0 saturated carbocycles. The van der Waals surface area contributed by atoms with E-state index in [-0.39, 0.29) is 0 Å². The highest BCUT2D eigenvalue weighted by Gasteiger charge is 2.17. The first-order valence-corrected chi connectivity index (χ1v) is 12.2. The molecule has 1 unspecified atom stereocenters. The molecule has 1 atom stereocenters. The summed E-state index contributed by atoms with van der Waals surface area (Å²) in [5, 5.41) is 16.8. The molecule has 0 amide bonds. The van der Waals surface area contributed by atoms with E-state index in [1.807, 2.05) is 91.9 Å². The molecule has 6 nitrogen and oxygen atoms in total. The van der Waals surface area contributed by atoms with E-state index < -0.39 is 12.0 Å². The third-order valence-corrected chi connectivity index (χ3v) is 5.83. The van der Waals surface area contributed by atoms with Crippen LogP contribution >= 0.6 is 0 Å². The van der Waals surface area contributed by atoms with Crippen molar-refractivity contribution >= 4 is 17.4 Å². The van der Waals surface area contributed by atoms with E-state index in [1.165, 1.54) is 5.56 Å². The molecule has 6 heteroatoms. The van der Waals surface area contributed by atoms with Crippen molar-refractivity contribution in [3.8, 4) is 16.9 Å². The Hall–Kier alpha value is -4.58. The fourth-order valence-corrected chi connectivity index (χ4v) is 3.82. The van der Waals surface area contributed by atoms with Crippen LogP contribution in [-0.4, -0.2) is 36.0 Å². The van der Waals surface area contributed by atoms with Crippen molar-refractivity contribution in [2.45, 2.75) is 19.4 Å². The molecule has 0 aliphatic carbocycles. The third kappa shape index (κ3) is 7.70. The number of aliphatic carboxylic acids is 1. The maximum Gasteiger partial charge on any atom is 0.326 e. The van der Waals surface area contributed by atoms with Crippen molar-refractivity contribution in [1.29, 1.82) is 0 Å². The molecule has 4 aromatic carbocycles. The van der Waals surface area contributed by atoms with E-state index in [9.17, 15) is 9.90 Å². The van der Waals surface area contributed by atoms with E-state index in [4.69, 9.17) is 9.57 Å². The number of nitrogens with one attached hydrogen (secondary N) is 1. The largest absolute Gasteiger partial charge is 0.490 e. The summed E-state index contributed by atoms with van der Waals surface area (Å²) in [5.74, 6) is -0.211. The summed E-state index contributed by atoms with van der Waals surface area (Å²) in [6, 6.07) is 34.5. The van der Waals surface area contributed by atoms with Gasteiger partial charge in [-0.25, -0.2) is 4.79 Å². The van der Waals surface area contributed by atoms with E-state index in [0.717, 1.165) is 28.1 Å². The van der Waals surface area contributed by atoms with Crippen molar-refractivity contribution in [3.05, 3.63) is 120 Å². The number of carboxylic acids is 1. The maximum absolute atomic E-state index is 11.7. The van der Waals surface area contributed by atoms with E-state index in [1.54, 1.807) is 0 Å². The predicted octanol–water partition coefficient (Wildman–Crippen LogP) is 6.28. The Kier molecular flexibility index (Phi) is 8.92. The highest BCUT2D eigenvalue weighted by Crippen LogP contribution is 2.20. The summed E-state index contributed by atoms with van der Waals surface area (Å²) in [7, 11) is 0. The number of carboxylic acid groups (broad SMARTS) is 1. The Balaban J connectivity index is 1.21. The number of nitrogens with zero attached hydrogens (tertiary/aromatic N) is 1. The van der Waals surface area contributed by atoms with Crippen LogP contribution < -0.4 is 10.1 Å². The van der Waals surface area contributed by atoms with Gasteiger partial charge in [0.05, 0.1) is 5.71 Å².